The smallest absolute Gasteiger partial charge is 0.253 e. The lowest BCUT2D eigenvalue weighted by Crippen LogP contribution is -2.34. The first-order chi connectivity index (χ1) is 8.45. The zero-order chi connectivity index (χ0) is 13.3. The predicted molar refractivity (Wildman–Crippen MR) is 84.0 cm³/mol. The van der Waals surface area contributed by atoms with Crippen molar-refractivity contribution in [3.8, 4) is 0 Å². The number of hydrogen-bond acceptors (Lipinski definition) is 2. The quantitative estimate of drug-likeness (QED) is 0.779. The van der Waals surface area contributed by atoms with Crippen molar-refractivity contribution in [2.45, 2.75) is 13.3 Å². The number of likely N-dealkylation sites (tertiary alicyclic amines) is 1. The van der Waals surface area contributed by atoms with Gasteiger partial charge in [0.25, 0.3) is 5.91 Å². The van der Waals surface area contributed by atoms with Crippen LogP contribution in [0.2, 0.25) is 0 Å². The van der Waals surface area contributed by atoms with Gasteiger partial charge in [-0.05, 0) is 59.2 Å². The van der Waals surface area contributed by atoms with Crippen LogP contribution in [0.1, 0.15) is 23.7 Å². The summed E-state index contributed by atoms with van der Waals surface area (Å²) in [5, 5.41) is 0. The molecule has 0 aromatic heterocycles. The molecule has 1 aliphatic heterocycles. The van der Waals surface area contributed by atoms with Gasteiger partial charge in [0.2, 0.25) is 0 Å². The van der Waals surface area contributed by atoms with Gasteiger partial charge in [-0.25, -0.2) is 4.39 Å². The molecule has 3 nitrogen and oxygen atoms in total. The van der Waals surface area contributed by atoms with E-state index in [4.69, 9.17) is 5.73 Å². The highest BCUT2D eigenvalue weighted by Crippen LogP contribution is 2.29. The van der Waals surface area contributed by atoms with Crippen LogP contribution in [0.15, 0.2) is 18.2 Å². The van der Waals surface area contributed by atoms with E-state index in [2.05, 4.69) is 6.92 Å². The van der Waals surface area contributed by atoms with Crippen molar-refractivity contribution in [3.05, 3.63) is 33.1 Å². The summed E-state index contributed by atoms with van der Waals surface area (Å²) in [6.45, 7) is 3.99. The lowest BCUT2D eigenvalue weighted by atomic mass is 9.90. The highest BCUT2D eigenvalue weighted by molar-refractivity contribution is 14.1. The second kappa shape index (κ2) is 6.37. The highest BCUT2D eigenvalue weighted by Gasteiger charge is 2.35. The average Bonchev–Trinajstić information content (AvgIpc) is 2.75. The predicted octanol–water partition coefficient (Wildman–Crippen LogP) is 2.66. The molecule has 1 unspecified atom stereocenters. The third kappa shape index (κ3) is 3.58. The fourth-order valence-electron chi connectivity index (χ4n) is 2.18. The van der Waals surface area contributed by atoms with Crippen LogP contribution >= 0.6 is 35.0 Å². The molecule has 1 saturated heterocycles. The second-order valence-electron chi connectivity index (χ2n) is 5.12. The van der Waals surface area contributed by atoms with Crippen LogP contribution in [-0.4, -0.2) is 30.4 Å². The zero-order valence-corrected chi connectivity index (χ0v) is 13.6. The van der Waals surface area contributed by atoms with Crippen LogP contribution in [-0.2, 0) is 0 Å². The molecule has 106 valence electrons. The van der Waals surface area contributed by atoms with Gasteiger partial charge in [0.1, 0.15) is 5.82 Å². The topological polar surface area (TPSA) is 46.3 Å². The lowest BCUT2D eigenvalue weighted by Gasteiger charge is -2.22. The Morgan fingerprint density at radius 3 is 2.79 bits per heavy atom. The van der Waals surface area contributed by atoms with Crippen molar-refractivity contribution in [3.63, 3.8) is 0 Å². The summed E-state index contributed by atoms with van der Waals surface area (Å²) in [7, 11) is 0. The molecule has 2 rings (SSSR count). The summed E-state index contributed by atoms with van der Waals surface area (Å²) < 4.78 is 14.0. The van der Waals surface area contributed by atoms with Crippen LogP contribution in [0.4, 0.5) is 4.39 Å². The van der Waals surface area contributed by atoms with Gasteiger partial charge in [-0.2, -0.15) is 0 Å². The number of benzene rings is 1. The standard InChI is InChI=1S/C13H16FIN2O.ClH/c1-13(7-16)4-5-17(8-13)12(18)9-2-3-11(15)10(14)6-9;/h2-3,6H,4-5,7-8,16H2,1H3;1H. The van der Waals surface area contributed by atoms with Crippen molar-refractivity contribution in [2.24, 2.45) is 11.1 Å². The van der Waals surface area contributed by atoms with Gasteiger partial charge in [-0.3, -0.25) is 4.79 Å². The molecule has 0 spiro atoms. The molecular formula is C13H17ClFIN2O. The van der Waals surface area contributed by atoms with Gasteiger partial charge >= 0.3 is 0 Å². The Bertz CT molecular complexity index is 486. The van der Waals surface area contributed by atoms with Crippen LogP contribution in [0, 0.1) is 14.8 Å². The van der Waals surface area contributed by atoms with E-state index in [1.807, 2.05) is 22.6 Å². The molecule has 1 aliphatic rings. The van der Waals surface area contributed by atoms with Crippen LogP contribution < -0.4 is 5.73 Å². The second-order valence-corrected chi connectivity index (χ2v) is 6.28. The van der Waals surface area contributed by atoms with Crippen LogP contribution in [0.5, 0.6) is 0 Å². The third-order valence-corrected chi connectivity index (χ3v) is 4.38. The summed E-state index contributed by atoms with van der Waals surface area (Å²) in [4.78, 5) is 14.0. The van der Waals surface area contributed by atoms with Gasteiger partial charge in [0.05, 0.1) is 0 Å². The van der Waals surface area contributed by atoms with E-state index in [9.17, 15) is 9.18 Å². The van der Waals surface area contributed by atoms with E-state index in [1.165, 1.54) is 6.07 Å². The molecule has 1 aromatic rings. The van der Waals surface area contributed by atoms with E-state index in [0.29, 0.717) is 28.8 Å². The molecule has 1 amide bonds. The third-order valence-electron chi connectivity index (χ3n) is 3.50. The summed E-state index contributed by atoms with van der Waals surface area (Å²) in [5.74, 6) is -0.454. The maximum absolute atomic E-state index is 13.4. The number of carbonyl (C=O) groups is 1. The minimum Gasteiger partial charge on any atom is -0.338 e. The molecule has 19 heavy (non-hydrogen) atoms. The SMILES string of the molecule is CC1(CN)CCN(C(=O)c2ccc(I)c(F)c2)C1.Cl. The average molecular weight is 399 g/mol. The number of hydrogen-bond donors (Lipinski definition) is 1. The Morgan fingerprint density at radius 1 is 1.58 bits per heavy atom. The zero-order valence-electron chi connectivity index (χ0n) is 10.7. The molecule has 0 aliphatic carbocycles. The van der Waals surface area contributed by atoms with E-state index in [1.54, 1.807) is 17.0 Å². The van der Waals surface area contributed by atoms with Crippen molar-refractivity contribution in [2.75, 3.05) is 19.6 Å². The minimum atomic E-state index is -0.345. The number of rotatable bonds is 2. The maximum atomic E-state index is 13.4. The summed E-state index contributed by atoms with van der Waals surface area (Å²) >= 11 is 1.91. The minimum absolute atomic E-state index is 0. The maximum Gasteiger partial charge on any atom is 0.253 e. The normalized spacial score (nSPS) is 22.2. The largest absolute Gasteiger partial charge is 0.338 e. The molecule has 1 aromatic carbocycles. The Hall–Kier alpha value is -0.400. The first-order valence-electron chi connectivity index (χ1n) is 5.90. The van der Waals surface area contributed by atoms with Crippen LogP contribution in [0.25, 0.3) is 0 Å². The number of nitrogens with two attached hydrogens (primary N) is 1. The van der Waals surface area contributed by atoms with Gasteiger partial charge in [-0.1, -0.05) is 6.92 Å². The van der Waals surface area contributed by atoms with E-state index < -0.39 is 0 Å². The molecule has 0 saturated carbocycles. The van der Waals surface area contributed by atoms with Crippen molar-refractivity contribution >= 4 is 40.9 Å². The highest BCUT2D eigenvalue weighted by atomic mass is 127. The molecule has 6 heteroatoms. The molecule has 0 radical (unpaired) electrons. The van der Waals surface area contributed by atoms with Crippen LogP contribution in [0.3, 0.4) is 0 Å². The molecule has 0 bridgehead atoms. The van der Waals surface area contributed by atoms with Gasteiger partial charge < -0.3 is 10.6 Å². The fraction of sp³-hybridized carbons (Fsp3) is 0.462. The molecule has 2 N–H and O–H groups in total. The van der Waals surface area contributed by atoms with Gasteiger partial charge in [0.15, 0.2) is 0 Å². The number of carbonyl (C=O) groups excluding carboxylic acids is 1. The Balaban J connectivity index is 0.00000180. The van der Waals surface area contributed by atoms with Gasteiger partial charge in [0, 0.05) is 22.2 Å². The Labute approximate surface area is 132 Å². The first-order valence-corrected chi connectivity index (χ1v) is 6.97. The Kier molecular flexibility index (Phi) is 5.58. The van der Waals surface area contributed by atoms with E-state index >= 15 is 0 Å². The van der Waals surface area contributed by atoms with Crippen molar-refractivity contribution in [1.82, 2.24) is 4.90 Å². The summed E-state index contributed by atoms with van der Waals surface area (Å²) in [6.07, 6.45) is 0.905. The van der Waals surface area contributed by atoms with E-state index in [0.717, 1.165) is 6.42 Å². The Morgan fingerprint density at radius 2 is 2.26 bits per heavy atom. The summed E-state index contributed by atoms with van der Waals surface area (Å²) in [6, 6.07) is 4.61. The van der Waals surface area contributed by atoms with Gasteiger partial charge in [-0.15, -0.1) is 12.4 Å². The molecule has 1 atom stereocenters. The van der Waals surface area contributed by atoms with E-state index in [-0.39, 0.29) is 29.5 Å². The molecular weight excluding hydrogens is 382 g/mol. The molecule has 1 fully saturated rings. The molecule has 1 heterocycles. The monoisotopic (exact) mass is 398 g/mol. The number of amides is 1. The summed E-state index contributed by atoms with van der Waals surface area (Å²) in [5.41, 5.74) is 6.12. The fourth-order valence-corrected chi connectivity index (χ4v) is 2.51. The number of halogens is 3. The van der Waals surface area contributed by atoms with Crippen molar-refractivity contribution in [1.29, 1.82) is 0 Å². The first kappa shape index (κ1) is 16.7. The number of nitrogens with zero attached hydrogens (tertiary/aromatic N) is 1. The van der Waals surface area contributed by atoms with Crippen molar-refractivity contribution < 1.29 is 9.18 Å². The lowest BCUT2D eigenvalue weighted by molar-refractivity contribution is 0.0776.